The zero-order valence-electron chi connectivity index (χ0n) is 12.2. The van der Waals surface area contributed by atoms with Gasteiger partial charge in [-0.1, -0.05) is 26.0 Å². The second-order valence-electron chi connectivity index (χ2n) is 5.51. The van der Waals surface area contributed by atoms with Crippen LogP contribution in [-0.4, -0.2) is 34.2 Å². The van der Waals surface area contributed by atoms with Gasteiger partial charge in [0.05, 0.1) is 6.04 Å². The minimum absolute atomic E-state index is 0.139. The lowest BCUT2D eigenvalue weighted by Gasteiger charge is -2.19. The Morgan fingerprint density at radius 2 is 1.81 bits per heavy atom. The Kier molecular flexibility index (Phi) is 6.17. The van der Waals surface area contributed by atoms with E-state index in [-0.39, 0.29) is 18.1 Å². The van der Waals surface area contributed by atoms with E-state index >= 15 is 0 Å². The summed E-state index contributed by atoms with van der Waals surface area (Å²) in [7, 11) is 0. The highest BCUT2D eigenvalue weighted by Gasteiger charge is 2.24. The molecule has 0 bridgehead atoms. The van der Waals surface area contributed by atoms with Crippen molar-refractivity contribution >= 4 is 11.9 Å². The second kappa shape index (κ2) is 7.64. The maximum Gasteiger partial charge on any atom is 0.326 e. The quantitative estimate of drug-likeness (QED) is 0.596. The average Bonchev–Trinajstić information content (AvgIpc) is 2.39. The van der Waals surface area contributed by atoms with Crippen molar-refractivity contribution in [1.82, 2.24) is 5.32 Å². The minimum atomic E-state index is -1.06. The fourth-order valence-electron chi connectivity index (χ4n) is 1.95. The van der Waals surface area contributed by atoms with Crippen LogP contribution in [0, 0.1) is 5.92 Å². The fourth-order valence-corrected chi connectivity index (χ4v) is 1.95. The number of carbonyl (C=O) groups excluding carboxylic acids is 1. The number of aromatic hydroxyl groups is 1. The van der Waals surface area contributed by atoms with E-state index in [9.17, 15) is 14.7 Å². The van der Waals surface area contributed by atoms with Gasteiger partial charge in [-0.05, 0) is 36.5 Å². The van der Waals surface area contributed by atoms with Gasteiger partial charge in [0.15, 0.2) is 0 Å². The molecule has 21 heavy (non-hydrogen) atoms. The molecule has 2 atom stereocenters. The van der Waals surface area contributed by atoms with Crippen LogP contribution >= 0.6 is 0 Å². The Morgan fingerprint density at radius 3 is 2.29 bits per heavy atom. The smallest absolute Gasteiger partial charge is 0.326 e. The van der Waals surface area contributed by atoms with E-state index < -0.39 is 24.0 Å². The first-order valence-electron chi connectivity index (χ1n) is 6.86. The SMILES string of the molecule is CC(C)C[C@@H](NC(=O)[C@H](N)Cc1ccc(O)cc1)C(=O)O. The zero-order chi connectivity index (χ0) is 16.0. The largest absolute Gasteiger partial charge is 0.508 e. The summed E-state index contributed by atoms with van der Waals surface area (Å²) in [5.74, 6) is -1.26. The monoisotopic (exact) mass is 294 g/mol. The van der Waals surface area contributed by atoms with Crippen molar-refractivity contribution in [3.63, 3.8) is 0 Å². The van der Waals surface area contributed by atoms with Gasteiger partial charge in [-0.3, -0.25) is 4.79 Å². The first kappa shape index (κ1) is 17.0. The van der Waals surface area contributed by atoms with Crippen molar-refractivity contribution in [3.8, 4) is 5.75 Å². The molecule has 0 radical (unpaired) electrons. The van der Waals surface area contributed by atoms with Crippen molar-refractivity contribution in [3.05, 3.63) is 29.8 Å². The number of nitrogens with two attached hydrogens (primary N) is 1. The van der Waals surface area contributed by atoms with Gasteiger partial charge in [0.25, 0.3) is 0 Å². The molecule has 1 aromatic carbocycles. The van der Waals surface area contributed by atoms with Crippen LogP contribution in [0.3, 0.4) is 0 Å². The first-order valence-corrected chi connectivity index (χ1v) is 6.86. The van der Waals surface area contributed by atoms with E-state index in [0.29, 0.717) is 6.42 Å². The van der Waals surface area contributed by atoms with E-state index in [2.05, 4.69) is 5.32 Å². The molecule has 116 valence electrons. The molecule has 1 rings (SSSR count). The van der Waals surface area contributed by atoms with E-state index in [1.807, 2.05) is 13.8 Å². The van der Waals surface area contributed by atoms with Gasteiger partial charge in [0.1, 0.15) is 11.8 Å². The molecule has 0 aromatic heterocycles. The van der Waals surface area contributed by atoms with Crippen LogP contribution in [0.5, 0.6) is 5.75 Å². The van der Waals surface area contributed by atoms with Crippen LogP contribution in [0.15, 0.2) is 24.3 Å². The molecule has 5 N–H and O–H groups in total. The lowest BCUT2D eigenvalue weighted by atomic mass is 10.0. The molecule has 0 spiro atoms. The van der Waals surface area contributed by atoms with Crippen molar-refractivity contribution in [1.29, 1.82) is 0 Å². The number of hydrogen-bond acceptors (Lipinski definition) is 4. The molecule has 0 saturated carbocycles. The summed E-state index contributed by atoms with van der Waals surface area (Å²) >= 11 is 0. The van der Waals surface area contributed by atoms with E-state index in [1.165, 1.54) is 12.1 Å². The number of rotatable bonds is 7. The lowest BCUT2D eigenvalue weighted by Crippen LogP contribution is -2.49. The predicted molar refractivity (Wildman–Crippen MR) is 78.8 cm³/mol. The number of nitrogens with one attached hydrogen (secondary N) is 1. The number of carboxylic acid groups (broad SMARTS) is 1. The molecule has 1 amide bonds. The summed E-state index contributed by atoms with van der Waals surface area (Å²) in [4.78, 5) is 23.1. The third-order valence-electron chi connectivity index (χ3n) is 3.05. The van der Waals surface area contributed by atoms with Crippen molar-refractivity contribution < 1.29 is 19.8 Å². The highest BCUT2D eigenvalue weighted by atomic mass is 16.4. The summed E-state index contributed by atoms with van der Waals surface area (Å²) in [6.07, 6.45) is 0.632. The summed E-state index contributed by atoms with van der Waals surface area (Å²) in [5.41, 5.74) is 6.60. The summed E-state index contributed by atoms with van der Waals surface area (Å²) in [6, 6.07) is 4.61. The molecule has 0 aliphatic rings. The highest BCUT2D eigenvalue weighted by molar-refractivity contribution is 5.86. The Bertz CT molecular complexity index is 485. The number of phenolic OH excluding ortho intramolecular Hbond substituents is 1. The van der Waals surface area contributed by atoms with Gasteiger partial charge < -0.3 is 21.3 Å². The molecule has 0 aliphatic carbocycles. The molecule has 0 fully saturated rings. The van der Waals surface area contributed by atoms with Gasteiger partial charge in [-0.25, -0.2) is 4.79 Å². The molecule has 0 saturated heterocycles. The summed E-state index contributed by atoms with van der Waals surface area (Å²) < 4.78 is 0. The normalized spacial score (nSPS) is 13.7. The number of hydrogen-bond donors (Lipinski definition) is 4. The molecule has 6 nitrogen and oxygen atoms in total. The van der Waals surface area contributed by atoms with Crippen molar-refractivity contribution in [2.45, 2.75) is 38.8 Å². The molecule has 0 aliphatic heterocycles. The molecular formula is C15H22N2O4. The minimum Gasteiger partial charge on any atom is -0.508 e. The van der Waals surface area contributed by atoms with Gasteiger partial charge in [-0.2, -0.15) is 0 Å². The van der Waals surface area contributed by atoms with Crippen molar-refractivity contribution in [2.24, 2.45) is 11.7 Å². The second-order valence-corrected chi connectivity index (χ2v) is 5.51. The number of phenols is 1. The Morgan fingerprint density at radius 1 is 1.24 bits per heavy atom. The van der Waals surface area contributed by atoms with Crippen LogP contribution in [-0.2, 0) is 16.0 Å². The van der Waals surface area contributed by atoms with Crippen LogP contribution in [0.25, 0.3) is 0 Å². The molecular weight excluding hydrogens is 272 g/mol. The number of carbonyl (C=O) groups is 2. The third kappa shape index (κ3) is 5.83. The van der Waals surface area contributed by atoms with Gasteiger partial charge in [0, 0.05) is 0 Å². The zero-order valence-corrected chi connectivity index (χ0v) is 12.2. The van der Waals surface area contributed by atoms with Crippen molar-refractivity contribution in [2.75, 3.05) is 0 Å². The maximum absolute atomic E-state index is 12.0. The number of amides is 1. The molecule has 6 heteroatoms. The summed E-state index contributed by atoms with van der Waals surface area (Å²) in [5, 5.41) is 20.7. The van der Waals surface area contributed by atoms with Crippen LogP contribution in [0.4, 0.5) is 0 Å². The first-order chi connectivity index (χ1) is 9.79. The van der Waals surface area contributed by atoms with Gasteiger partial charge in [-0.15, -0.1) is 0 Å². The number of carboxylic acids is 1. The van der Waals surface area contributed by atoms with Gasteiger partial charge >= 0.3 is 5.97 Å². The molecule has 0 unspecified atom stereocenters. The maximum atomic E-state index is 12.0. The average molecular weight is 294 g/mol. The molecule has 1 aromatic rings. The van der Waals surface area contributed by atoms with Crippen LogP contribution in [0.2, 0.25) is 0 Å². The summed E-state index contributed by atoms with van der Waals surface area (Å²) in [6.45, 7) is 3.77. The van der Waals surface area contributed by atoms with E-state index in [4.69, 9.17) is 10.8 Å². The number of benzene rings is 1. The van der Waals surface area contributed by atoms with Gasteiger partial charge in [0.2, 0.25) is 5.91 Å². The Hall–Kier alpha value is -2.08. The fraction of sp³-hybridized carbons (Fsp3) is 0.467. The highest BCUT2D eigenvalue weighted by Crippen LogP contribution is 2.11. The Labute approximate surface area is 124 Å². The predicted octanol–water partition coefficient (Wildman–Crippen LogP) is 0.877. The lowest BCUT2D eigenvalue weighted by molar-refractivity contribution is -0.142. The number of aliphatic carboxylic acids is 1. The molecule has 0 heterocycles. The Balaban J connectivity index is 2.60. The van der Waals surface area contributed by atoms with Crippen LogP contribution < -0.4 is 11.1 Å². The van der Waals surface area contributed by atoms with Crippen LogP contribution in [0.1, 0.15) is 25.8 Å². The van der Waals surface area contributed by atoms with E-state index in [1.54, 1.807) is 12.1 Å². The standard InChI is InChI=1S/C15H22N2O4/c1-9(2)7-13(15(20)21)17-14(19)12(16)8-10-3-5-11(18)6-4-10/h3-6,9,12-13,18H,7-8,16H2,1-2H3,(H,17,19)(H,20,21)/t12-,13-/m1/s1. The van der Waals surface area contributed by atoms with E-state index in [0.717, 1.165) is 5.56 Å². The topological polar surface area (TPSA) is 113 Å². The third-order valence-corrected chi connectivity index (χ3v) is 3.05.